The van der Waals surface area contributed by atoms with Crippen molar-refractivity contribution in [2.24, 2.45) is 0 Å². The quantitative estimate of drug-likeness (QED) is 0.807. The van der Waals surface area contributed by atoms with Crippen molar-refractivity contribution in [3.8, 4) is 0 Å². The average molecular weight is 326 g/mol. The molecule has 1 aromatic carbocycles. The molecular formula is C15H16F2N2O4. The zero-order valence-corrected chi connectivity index (χ0v) is 12.7. The summed E-state index contributed by atoms with van der Waals surface area (Å²) in [6.07, 6.45) is -1.98. The van der Waals surface area contributed by atoms with E-state index in [1.54, 1.807) is 0 Å². The number of aliphatic hydroxyl groups excluding tert-OH is 1. The number of imide groups is 1. The van der Waals surface area contributed by atoms with E-state index in [1.165, 1.54) is 20.0 Å². The number of nitrogens with zero attached hydrogens (tertiary/aromatic N) is 2. The van der Waals surface area contributed by atoms with Gasteiger partial charge in [-0.1, -0.05) is 6.07 Å². The number of amides is 3. The van der Waals surface area contributed by atoms with Crippen LogP contribution in [0, 0.1) is 11.6 Å². The third-order valence-corrected chi connectivity index (χ3v) is 3.84. The van der Waals surface area contributed by atoms with Crippen LogP contribution >= 0.6 is 0 Å². The van der Waals surface area contributed by atoms with E-state index in [4.69, 9.17) is 0 Å². The Bertz CT molecular complexity index is 703. The van der Waals surface area contributed by atoms with Gasteiger partial charge >= 0.3 is 6.03 Å². The molecule has 1 atom stereocenters. The molecule has 1 aliphatic rings. The first-order chi connectivity index (χ1) is 10.7. The molecule has 0 saturated carbocycles. The Morgan fingerprint density at radius 2 is 1.87 bits per heavy atom. The van der Waals surface area contributed by atoms with Gasteiger partial charge in [0.15, 0.2) is 17.9 Å². The van der Waals surface area contributed by atoms with Crippen molar-refractivity contribution in [1.82, 2.24) is 9.80 Å². The Morgan fingerprint density at radius 3 is 2.35 bits per heavy atom. The molecule has 0 saturated heterocycles. The van der Waals surface area contributed by atoms with E-state index in [1.807, 2.05) is 0 Å². The highest BCUT2D eigenvalue weighted by molar-refractivity contribution is 5.96. The lowest BCUT2D eigenvalue weighted by molar-refractivity contribution is -0.128. The smallest absolute Gasteiger partial charge is 0.331 e. The number of carbonyl (C=O) groups excluding carboxylic acids is 2. The Balaban J connectivity index is 2.72. The maximum absolute atomic E-state index is 13.5. The van der Waals surface area contributed by atoms with Crippen molar-refractivity contribution in [2.45, 2.75) is 26.2 Å². The van der Waals surface area contributed by atoms with E-state index in [0.717, 1.165) is 28.9 Å². The highest BCUT2D eigenvalue weighted by Gasteiger charge is 2.42. The molecule has 2 N–H and O–H groups in total. The first kappa shape index (κ1) is 17.0. The average Bonchev–Trinajstić information content (AvgIpc) is 2.46. The van der Waals surface area contributed by atoms with Gasteiger partial charge < -0.3 is 15.1 Å². The number of aliphatic hydroxyl groups is 2. The predicted molar refractivity (Wildman–Crippen MR) is 75.7 cm³/mol. The normalized spacial score (nSPS) is 19.0. The number of halogens is 2. The predicted octanol–water partition coefficient (Wildman–Crippen LogP) is 1.50. The summed E-state index contributed by atoms with van der Waals surface area (Å²) in [6.45, 7) is 2.59. The summed E-state index contributed by atoms with van der Waals surface area (Å²) >= 11 is 0. The molecule has 1 aliphatic heterocycles. The van der Waals surface area contributed by atoms with Gasteiger partial charge in [0.25, 0.3) is 0 Å². The van der Waals surface area contributed by atoms with Crippen LogP contribution in [-0.4, -0.2) is 45.3 Å². The summed E-state index contributed by atoms with van der Waals surface area (Å²) in [7, 11) is 1.37. The summed E-state index contributed by atoms with van der Waals surface area (Å²) in [5.41, 5.74) is 0.216. The van der Waals surface area contributed by atoms with Crippen LogP contribution in [0.25, 0.3) is 0 Å². The molecule has 0 spiro atoms. The Labute approximate surface area is 131 Å². The number of hydrogen-bond donors (Lipinski definition) is 2. The van der Waals surface area contributed by atoms with Gasteiger partial charge in [0.1, 0.15) is 0 Å². The first-order valence-electron chi connectivity index (χ1n) is 6.76. The highest BCUT2D eigenvalue weighted by atomic mass is 19.2. The summed E-state index contributed by atoms with van der Waals surface area (Å²) < 4.78 is 26.7. The maximum atomic E-state index is 13.5. The van der Waals surface area contributed by atoms with Crippen molar-refractivity contribution >= 4 is 11.9 Å². The second kappa shape index (κ2) is 6.05. The topological polar surface area (TPSA) is 81.1 Å². The molecule has 1 aromatic rings. The van der Waals surface area contributed by atoms with E-state index >= 15 is 0 Å². The van der Waals surface area contributed by atoms with E-state index < -0.39 is 35.9 Å². The number of hydrogen-bond acceptors (Lipinski definition) is 4. The minimum absolute atomic E-state index is 0.0583. The molecule has 0 fully saturated rings. The van der Waals surface area contributed by atoms with Crippen LogP contribution in [0.4, 0.5) is 13.6 Å². The molecule has 2 rings (SSSR count). The fourth-order valence-electron chi connectivity index (χ4n) is 2.60. The van der Waals surface area contributed by atoms with Crippen LogP contribution in [0.5, 0.6) is 0 Å². The number of urea groups is 1. The minimum atomic E-state index is -1.98. The standard InChI is InChI=1S/C15H16F2N2O4/c1-7-12(14(21)22)13(9-4-5-10(16)11(17)6-9)19(8(2)20)15(23)18(7)3/h4-6,13-14,21-22H,1-3H3. The van der Waals surface area contributed by atoms with Gasteiger partial charge in [-0.2, -0.15) is 0 Å². The fraction of sp³-hybridized carbons (Fsp3) is 0.333. The van der Waals surface area contributed by atoms with E-state index in [2.05, 4.69) is 0 Å². The molecule has 0 bridgehead atoms. The second-order valence-corrected chi connectivity index (χ2v) is 5.22. The zero-order valence-electron chi connectivity index (χ0n) is 12.7. The lowest BCUT2D eigenvalue weighted by Crippen LogP contribution is -2.51. The first-order valence-corrected chi connectivity index (χ1v) is 6.76. The molecule has 3 amide bonds. The van der Waals surface area contributed by atoms with Gasteiger partial charge in [-0.25, -0.2) is 13.6 Å². The highest BCUT2D eigenvalue weighted by Crippen LogP contribution is 2.38. The number of carbonyl (C=O) groups is 2. The van der Waals surface area contributed by atoms with Crippen molar-refractivity contribution in [3.05, 3.63) is 46.7 Å². The van der Waals surface area contributed by atoms with Gasteiger partial charge in [-0.05, 0) is 24.6 Å². The van der Waals surface area contributed by atoms with Gasteiger partial charge in [-0.15, -0.1) is 0 Å². The molecule has 124 valence electrons. The van der Waals surface area contributed by atoms with Gasteiger partial charge in [-0.3, -0.25) is 9.69 Å². The minimum Gasteiger partial charge on any atom is -0.364 e. The van der Waals surface area contributed by atoms with Crippen molar-refractivity contribution < 1.29 is 28.6 Å². The van der Waals surface area contributed by atoms with Gasteiger partial charge in [0.05, 0.1) is 6.04 Å². The maximum Gasteiger partial charge on any atom is 0.331 e. The van der Waals surface area contributed by atoms with Gasteiger partial charge in [0, 0.05) is 25.2 Å². The van der Waals surface area contributed by atoms with Crippen molar-refractivity contribution in [1.29, 1.82) is 0 Å². The third-order valence-electron chi connectivity index (χ3n) is 3.84. The van der Waals surface area contributed by atoms with Crippen molar-refractivity contribution in [3.63, 3.8) is 0 Å². The van der Waals surface area contributed by atoms with Crippen LogP contribution in [-0.2, 0) is 4.79 Å². The van der Waals surface area contributed by atoms with Crippen LogP contribution < -0.4 is 0 Å². The molecule has 0 aliphatic carbocycles. The van der Waals surface area contributed by atoms with Crippen LogP contribution in [0.15, 0.2) is 29.5 Å². The SMILES string of the molecule is CC(=O)N1C(=O)N(C)C(C)=C(C(O)O)C1c1ccc(F)c(F)c1. The Morgan fingerprint density at radius 1 is 1.26 bits per heavy atom. The van der Waals surface area contributed by atoms with Crippen molar-refractivity contribution in [2.75, 3.05) is 7.05 Å². The number of allylic oxidation sites excluding steroid dienone is 1. The second-order valence-electron chi connectivity index (χ2n) is 5.22. The van der Waals surface area contributed by atoms with E-state index in [9.17, 15) is 28.6 Å². The van der Waals surface area contributed by atoms with Crippen LogP contribution in [0.1, 0.15) is 25.5 Å². The molecule has 0 radical (unpaired) electrons. The third kappa shape index (κ3) is 2.82. The summed E-state index contributed by atoms with van der Waals surface area (Å²) in [5.74, 6) is -2.92. The Hall–Kier alpha value is -2.32. The fourth-order valence-corrected chi connectivity index (χ4v) is 2.60. The summed E-state index contributed by atoms with van der Waals surface area (Å²) in [6, 6.07) is 0.931. The lowest BCUT2D eigenvalue weighted by atomic mass is 9.92. The van der Waals surface area contributed by atoms with Gasteiger partial charge in [0.2, 0.25) is 5.91 Å². The van der Waals surface area contributed by atoms with Crippen LogP contribution in [0.2, 0.25) is 0 Å². The summed E-state index contributed by atoms with van der Waals surface area (Å²) in [4.78, 5) is 26.1. The molecule has 23 heavy (non-hydrogen) atoms. The molecule has 6 nitrogen and oxygen atoms in total. The molecule has 8 heteroatoms. The monoisotopic (exact) mass is 326 g/mol. The zero-order chi connectivity index (χ0) is 17.5. The molecule has 1 heterocycles. The Kier molecular flexibility index (Phi) is 4.49. The van der Waals surface area contributed by atoms with Crippen LogP contribution in [0.3, 0.4) is 0 Å². The molecule has 0 aromatic heterocycles. The van der Waals surface area contributed by atoms with E-state index in [-0.39, 0.29) is 16.8 Å². The lowest BCUT2D eigenvalue weighted by Gasteiger charge is -2.41. The number of benzene rings is 1. The van der Waals surface area contributed by atoms with E-state index in [0.29, 0.717) is 0 Å². The molecule has 1 unspecified atom stereocenters. The molecular weight excluding hydrogens is 310 g/mol. The largest absolute Gasteiger partial charge is 0.364 e. The number of rotatable bonds is 2. The summed E-state index contributed by atoms with van der Waals surface area (Å²) in [5, 5.41) is 19.3.